The smallest absolute Gasteiger partial charge is 0.270 e. The van der Waals surface area contributed by atoms with Gasteiger partial charge in [-0.1, -0.05) is 42.5 Å². The average Bonchev–Trinajstić information content (AvgIpc) is 3.00. The van der Waals surface area contributed by atoms with Crippen molar-refractivity contribution in [2.24, 2.45) is 4.99 Å². The molecule has 0 saturated heterocycles. The maximum atomic E-state index is 12.9. The highest BCUT2D eigenvalue weighted by molar-refractivity contribution is 6.21. The monoisotopic (exact) mass is 454 g/mol. The van der Waals surface area contributed by atoms with Crippen LogP contribution >= 0.6 is 0 Å². The molecule has 0 aromatic heterocycles. The first-order valence-corrected chi connectivity index (χ1v) is 10.5. The van der Waals surface area contributed by atoms with Crippen molar-refractivity contribution in [2.45, 2.75) is 5.54 Å². The van der Waals surface area contributed by atoms with Gasteiger partial charge in [0.05, 0.1) is 34.9 Å². The van der Waals surface area contributed by atoms with E-state index in [1.54, 1.807) is 24.3 Å². The molecule has 5 rings (SSSR count). The summed E-state index contributed by atoms with van der Waals surface area (Å²) in [6.07, 6.45) is 0.638. The highest BCUT2D eigenvalue weighted by atomic mass is 16.6. The number of hydrogen-bond donors (Lipinski definition) is 1. The molecule has 1 atom stereocenters. The summed E-state index contributed by atoms with van der Waals surface area (Å²) in [6, 6.07) is 19.8. The summed E-state index contributed by atoms with van der Waals surface area (Å²) in [5, 5.41) is 14.5. The van der Waals surface area contributed by atoms with Gasteiger partial charge in [-0.15, -0.1) is 0 Å². The molecule has 0 spiro atoms. The van der Waals surface area contributed by atoms with Crippen LogP contribution in [0.5, 0.6) is 0 Å². The summed E-state index contributed by atoms with van der Waals surface area (Å²) in [6.45, 7) is -0.332. The minimum atomic E-state index is -1.42. The maximum absolute atomic E-state index is 12.9. The third-order valence-corrected chi connectivity index (χ3v) is 5.96. The number of carbonyl (C=O) groups excluding carboxylic acids is 3. The van der Waals surface area contributed by atoms with E-state index in [4.69, 9.17) is 0 Å². The Hall–Kier alpha value is -4.66. The largest absolute Gasteiger partial charge is 0.370 e. The van der Waals surface area contributed by atoms with Crippen LogP contribution in [0.3, 0.4) is 0 Å². The first kappa shape index (κ1) is 21.2. The Balaban J connectivity index is 1.59. The molecule has 2 aliphatic heterocycles. The SMILES string of the molecule is O=CC1(CN2C(=O)c3ccccc3C2=O)CN=C(c2ccccc2)c2cc([N+](=O)[O-])ccc2N1. The van der Waals surface area contributed by atoms with Crippen molar-refractivity contribution in [2.75, 3.05) is 18.4 Å². The number of aliphatic imine (C=N–C) groups is 1. The van der Waals surface area contributed by atoms with Crippen molar-refractivity contribution < 1.29 is 19.3 Å². The number of hydrogen-bond acceptors (Lipinski definition) is 7. The Morgan fingerprint density at radius 1 is 0.971 bits per heavy atom. The normalized spacial score (nSPS) is 18.9. The van der Waals surface area contributed by atoms with E-state index in [2.05, 4.69) is 10.3 Å². The van der Waals surface area contributed by atoms with E-state index < -0.39 is 22.3 Å². The summed E-state index contributed by atoms with van der Waals surface area (Å²) in [5.41, 5.74) is 1.10. The Kier molecular flexibility index (Phi) is 5.01. The summed E-state index contributed by atoms with van der Waals surface area (Å²) in [5.74, 6) is -0.965. The molecule has 3 aromatic rings. The van der Waals surface area contributed by atoms with Gasteiger partial charge in [0.25, 0.3) is 17.5 Å². The number of benzodiazepines with no additional fused rings is 1. The maximum Gasteiger partial charge on any atom is 0.270 e. The lowest BCUT2D eigenvalue weighted by molar-refractivity contribution is -0.384. The number of aldehydes is 1. The molecule has 3 aromatic carbocycles. The fourth-order valence-corrected chi connectivity index (χ4v) is 4.26. The van der Waals surface area contributed by atoms with Crippen molar-refractivity contribution in [1.29, 1.82) is 0 Å². The number of nitrogens with zero attached hydrogens (tertiary/aromatic N) is 3. The number of anilines is 1. The van der Waals surface area contributed by atoms with Crippen LogP contribution in [0.2, 0.25) is 0 Å². The molecule has 168 valence electrons. The molecule has 34 heavy (non-hydrogen) atoms. The molecule has 1 unspecified atom stereocenters. The minimum absolute atomic E-state index is 0.0867. The van der Waals surface area contributed by atoms with Gasteiger partial charge in [0.1, 0.15) is 11.8 Å². The molecule has 2 aliphatic rings. The average molecular weight is 454 g/mol. The van der Waals surface area contributed by atoms with Crippen molar-refractivity contribution >= 4 is 35.2 Å². The first-order valence-electron chi connectivity index (χ1n) is 10.5. The van der Waals surface area contributed by atoms with Gasteiger partial charge in [-0.05, 0) is 18.2 Å². The Morgan fingerprint density at radius 3 is 2.24 bits per heavy atom. The molecule has 2 amide bonds. The zero-order valence-electron chi connectivity index (χ0n) is 17.8. The van der Waals surface area contributed by atoms with Crippen LogP contribution in [-0.4, -0.2) is 52.3 Å². The predicted octanol–water partition coefficient (Wildman–Crippen LogP) is 3.09. The van der Waals surface area contributed by atoms with Crippen LogP contribution in [0.15, 0.2) is 77.8 Å². The van der Waals surface area contributed by atoms with Crippen LogP contribution in [0.4, 0.5) is 11.4 Å². The molecular weight excluding hydrogens is 436 g/mol. The summed E-state index contributed by atoms with van der Waals surface area (Å²) >= 11 is 0. The third-order valence-electron chi connectivity index (χ3n) is 5.96. The molecule has 0 radical (unpaired) electrons. The lowest BCUT2D eigenvalue weighted by Crippen LogP contribution is -2.54. The van der Waals surface area contributed by atoms with E-state index in [0.717, 1.165) is 4.90 Å². The number of imide groups is 1. The molecule has 9 heteroatoms. The molecule has 0 bridgehead atoms. The number of carbonyl (C=O) groups is 3. The van der Waals surface area contributed by atoms with Gasteiger partial charge in [-0.2, -0.15) is 0 Å². The number of benzene rings is 3. The Morgan fingerprint density at radius 2 is 1.62 bits per heavy atom. The van der Waals surface area contributed by atoms with Gasteiger partial charge >= 0.3 is 0 Å². The molecule has 2 heterocycles. The van der Waals surface area contributed by atoms with Gasteiger partial charge in [-0.3, -0.25) is 29.6 Å². The van der Waals surface area contributed by atoms with Crippen molar-refractivity contribution in [3.8, 4) is 0 Å². The predicted molar refractivity (Wildman–Crippen MR) is 124 cm³/mol. The number of nitro benzene ring substituents is 1. The quantitative estimate of drug-likeness (QED) is 0.274. The molecule has 9 nitrogen and oxygen atoms in total. The van der Waals surface area contributed by atoms with E-state index in [0.29, 0.717) is 28.8 Å². The lowest BCUT2D eigenvalue weighted by Gasteiger charge is -2.31. The summed E-state index contributed by atoms with van der Waals surface area (Å²) < 4.78 is 0. The van der Waals surface area contributed by atoms with Crippen molar-refractivity contribution in [3.63, 3.8) is 0 Å². The Bertz CT molecular complexity index is 1350. The standard InChI is InChI=1S/C25H18N4O5/c30-15-25(14-28-23(31)18-8-4-5-9-19(18)24(28)32)13-26-22(16-6-2-1-3-7-16)20-12-17(29(33)34)10-11-21(20)27-25/h1-12,15,27H,13-14H2. The topological polar surface area (TPSA) is 122 Å². The van der Waals surface area contributed by atoms with Crippen molar-refractivity contribution in [1.82, 2.24) is 4.90 Å². The fourth-order valence-electron chi connectivity index (χ4n) is 4.26. The second-order valence-corrected chi connectivity index (χ2v) is 8.16. The van der Waals surface area contributed by atoms with E-state index >= 15 is 0 Å². The molecule has 0 saturated carbocycles. The number of fused-ring (bicyclic) bond motifs is 2. The highest BCUT2D eigenvalue weighted by Crippen LogP contribution is 2.32. The summed E-state index contributed by atoms with van der Waals surface area (Å²) in [7, 11) is 0. The second kappa shape index (κ2) is 8.04. The fraction of sp³-hybridized carbons (Fsp3) is 0.120. The zero-order chi connectivity index (χ0) is 23.9. The van der Waals surface area contributed by atoms with Crippen LogP contribution in [0.1, 0.15) is 31.8 Å². The van der Waals surface area contributed by atoms with E-state index in [-0.39, 0.29) is 29.9 Å². The number of nitro groups is 1. The van der Waals surface area contributed by atoms with Gasteiger partial charge < -0.3 is 10.1 Å². The minimum Gasteiger partial charge on any atom is -0.370 e. The summed E-state index contributed by atoms with van der Waals surface area (Å²) in [4.78, 5) is 54.9. The molecule has 1 N–H and O–H groups in total. The molecular formula is C25H18N4O5. The lowest BCUT2D eigenvalue weighted by atomic mass is 9.98. The third kappa shape index (κ3) is 3.43. The van der Waals surface area contributed by atoms with Gasteiger partial charge in [0.2, 0.25) is 0 Å². The van der Waals surface area contributed by atoms with Gasteiger partial charge in [0, 0.05) is 28.9 Å². The van der Waals surface area contributed by atoms with E-state index in [1.807, 2.05) is 30.3 Å². The van der Waals surface area contributed by atoms with Crippen LogP contribution < -0.4 is 5.32 Å². The van der Waals surface area contributed by atoms with Crippen LogP contribution in [0.25, 0.3) is 0 Å². The van der Waals surface area contributed by atoms with Gasteiger partial charge in [-0.25, -0.2) is 0 Å². The van der Waals surface area contributed by atoms with Crippen LogP contribution in [-0.2, 0) is 4.79 Å². The second-order valence-electron chi connectivity index (χ2n) is 8.16. The first-order chi connectivity index (χ1) is 16.4. The van der Waals surface area contributed by atoms with Gasteiger partial charge in [0.15, 0.2) is 0 Å². The number of nitrogens with one attached hydrogen (secondary N) is 1. The molecule has 0 aliphatic carbocycles. The van der Waals surface area contributed by atoms with E-state index in [1.165, 1.54) is 18.2 Å². The number of non-ortho nitro benzene ring substituents is 1. The number of rotatable bonds is 5. The van der Waals surface area contributed by atoms with E-state index in [9.17, 15) is 24.5 Å². The Labute approximate surface area is 193 Å². The zero-order valence-corrected chi connectivity index (χ0v) is 17.8. The van der Waals surface area contributed by atoms with Crippen LogP contribution in [0, 0.1) is 10.1 Å². The number of amides is 2. The van der Waals surface area contributed by atoms with Crippen molar-refractivity contribution in [3.05, 3.63) is 105 Å². The highest BCUT2D eigenvalue weighted by Gasteiger charge is 2.43. The molecule has 0 fully saturated rings.